The van der Waals surface area contributed by atoms with E-state index in [-0.39, 0.29) is 18.4 Å². The molecule has 5 heteroatoms. The summed E-state index contributed by atoms with van der Waals surface area (Å²) in [6.45, 7) is 1.96. The Bertz CT molecular complexity index is 1050. The van der Waals surface area contributed by atoms with Gasteiger partial charge in [-0.25, -0.2) is 0 Å². The Hall–Kier alpha value is -3.11. The van der Waals surface area contributed by atoms with Crippen molar-refractivity contribution in [1.82, 2.24) is 4.90 Å². The van der Waals surface area contributed by atoms with Gasteiger partial charge in [-0.15, -0.1) is 0 Å². The van der Waals surface area contributed by atoms with Gasteiger partial charge in [0.2, 0.25) is 5.91 Å². The average Bonchev–Trinajstić information content (AvgIpc) is 2.84. The molecule has 28 heavy (non-hydrogen) atoms. The molecule has 0 bridgehead atoms. The van der Waals surface area contributed by atoms with Gasteiger partial charge in [-0.3, -0.25) is 9.59 Å². The van der Waals surface area contributed by atoms with Gasteiger partial charge in [-0.05, 0) is 30.7 Å². The highest BCUT2D eigenvalue weighted by Gasteiger charge is 2.34. The third-order valence-corrected chi connectivity index (χ3v) is 5.24. The zero-order valence-electron chi connectivity index (χ0n) is 15.4. The van der Waals surface area contributed by atoms with Crippen LogP contribution < -0.4 is 5.32 Å². The molecule has 1 atom stereocenters. The minimum Gasteiger partial charge on any atom is -0.324 e. The first-order chi connectivity index (χ1) is 13.5. The van der Waals surface area contributed by atoms with Crippen molar-refractivity contribution in [2.24, 2.45) is 0 Å². The van der Waals surface area contributed by atoms with Crippen molar-refractivity contribution in [3.63, 3.8) is 0 Å². The van der Waals surface area contributed by atoms with Crippen molar-refractivity contribution in [3.8, 4) is 0 Å². The minimum absolute atomic E-state index is 0.0583. The SMILES string of the molecule is Cc1ccc([C@@H]2c3ccccc3NC(=O)CN2C(=O)c2ccccc2Cl)cc1. The summed E-state index contributed by atoms with van der Waals surface area (Å²) >= 11 is 6.28. The standard InChI is InChI=1S/C23H19ClN2O2/c1-15-10-12-16(13-11-15)22-18-7-3-5-9-20(18)25-21(27)14-26(22)23(28)17-6-2-4-8-19(17)24/h2-13,22H,14H2,1H3,(H,25,27)/t22-/m1/s1. The van der Waals surface area contributed by atoms with E-state index in [0.29, 0.717) is 16.3 Å². The highest BCUT2D eigenvalue weighted by molar-refractivity contribution is 6.33. The van der Waals surface area contributed by atoms with E-state index in [1.807, 2.05) is 55.5 Å². The van der Waals surface area contributed by atoms with Crippen LogP contribution in [0, 0.1) is 6.92 Å². The van der Waals surface area contributed by atoms with Crippen molar-refractivity contribution in [2.75, 3.05) is 11.9 Å². The number of anilines is 1. The summed E-state index contributed by atoms with van der Waals surface area (Å²) in [6.07, 6.45) is 0. The predicted molar refractivity (Wildman–Crippen MR) is 111 cm³/mol. The normalized spacial score (nSPS) is 16.1. The van der Waals surface area contributed by atoms with E-state index < -0.39 is 6.04 Å². The number of halogens is 1. The Morgan fingerprint density at radius 2 is 1.68 bits per heavy atom. The maximum atomic E-state index is 13.4. The molecule has 0 radical (unpaired) electrons. The van der Waals surface area contributed by atoms with Crippen LogP contribution in [-0.2, 0) is 4.79 Å². The molecule has 1 N–H and O–H groups in total. The molecule has 0 fully saturated rings. The number of nitrogens with one attached hydrogen (secondary N) is 1. The number of carbonyl (C=O) groups is 2. The highest BCUT2D eigenvalue weighted by atomic mass is 35.5. The Balaban J connectivity index is 1.89. The third kappa shape index (κ3) is 3.39. The van der Waals surface area contributed by atoms with Gasteiger partial charge in [0, 0.05) is 11.3 Å². The minimum atomic E-state index is -0.403. The molecule has 140 valence electrons. The van der Waals surface area contributed by atoms with E-state index >= 15 is 0 Å². The number of aryl methyl sites for hydroxylation is 1. The van der Waals surface area contributed by atoms with Crippen LogP contribution in [0.1, 0.15) is 33.1 Å². The number of carbonyl (C=O) groups excluding carboxylic acids is 2. The first-order valence-electron chi connectivity index (χ1n) is 9.05. The topological polar surface area (TPSA) is 49.4 Å². The summed E-state index contributed by atoms with van der Waals surface area (Å²) in [5.74, 6) is -0.509. The number of amides is 2. The number of hydrogen-bond acceptors (Lipinski definition) is 2. The van der Waals surface area contributed by atoms with E-state index in [1.54, 1.807) is 29.2 Å². The number of hydrogen-bond donors (Lipinski definition) is 1. The summed E-state index contributed by atoms with van der Waals surface area (Å²) in [4.78, 5) is 27.6. The third-order valence-electron chi connectivity index (χ3n) is 4.91. The van der Waals surface area contributed by atoms with Crippen LogP contribution in [0.25, 0.3) is 0 Å². The summed E-state index contributed by atoms with van der Waals surface area (Å²) in [5, 5.41) is 3.29. The van der Waals surface area contributed by atoms with Crippen molar-refractivity contribution in [2.45, 2.75) is 13.0 Å². The molecule has 0 spiro atoms. The van der Waals surface area contributed by atoms with E-state index in [4.69, 9.17) is 11.6 Å². The fourth-order valence-electron chi connectivity index (χ4n) is 3.54. The first-order valence-corrected chi connectivity index (χ1v) is 9.43. The summed E-state index contributed by atoms with van der Waals surface area (Å²) < 4.78 is 0. The number of para-hydroxylation sites is 1. The molecular formula is C23H19ClN2O2. The number of nitrogens with zero attached hydrogens (tertiary/aromatic N) is 1. The molecule has 4 nitrogen and oxygen atoms in total. The molecule has 0 saturated carbocycles. The first kappa shape index (κ1) is 18.3. The molecule has 1 aliphatic heterocycles. The van der Waals surface area contributed by atoms with Gasteiger partial charge in [-0.1, -0.05) is 71.8 Å². The van der Waals surface area contributed by atoms with Crippen LogP contribution in [0.2, 0.25) is 5.02 Å². The molecule has 0 saturated heterocycles. The van der Waals surface area contributed by atoms with Crippen LogP contribution in [0.4, 0.5) is 5.69 Å². The van der Waals surface area contributed by atoms with Gasteiger partial charge >= 0.3 is 0 Å². The molecule has 0 unspecified atom stereocenters. The second-order valence-corrected chi connectivity index (χ2v) is 7.27. The second-order valence-electron chi connectivity index (χ2n) is 6.86. The van der Waals surface area contributed by atoms with E-state index in [1.165, 1.54) is 0 Å². The van der Waals surface area contributed by atoms with Gasteiger partial charge in [0.1, 0.15) is 6.54 Å². The van der Waals surface area contributed by atoms with E-state index in [0.717, 1.165) is 16.7 Å². The quantitative estimate of drug-likeness (QED) is 0.681. The van der Waals surface area contributed by atoms with Gasteiger partial charge < -0.3 is 10.2 Å². The summed E-state index contributed by atoms with van der Waals surface area (Å²) in [7, 11) is 0. The fourth-order valence-corrected chi connectivity index (χ4v) is 3.76. The molecule has 1 heterocycles. The molecule has 3 aromatic carbocycles. The largest absolute Gasteiger partial charge is 0.324 e. The zero-order valence-corrected chi connectivity index (χ0v) is 16.1. The van der Waals surface area contributed by atoms with Gasteiger partial charge in [-0.2, -0.15) is 0 Å². The van der Waals surface area contributed by atoms with Gasteiger partial charge in [0.15, 0.2) is 0 Å². The van der Waals surface area contributed by atoms with Crippen molar-refractivity contribution in [3.05, 3.63) is 100 Å². The maximum absolute atomic E-state index is 13.4. The van der Waals surface area contributed by atoms with Gasteiger partial charge in [0.25, 0.3) is 5.91 Å². The zero-order chi connectivity index (χ0) is 19.7. The Kier molecular flexibility index (Phi) is 4.88. The van der Waals surface area contributed by atoms with Crippen molar-refractivity contribution < 1.29 is 9.59 Å². The van der Waals surface area contributed by atoms with Crippen LogP contribution in [0.3, 0.4) is 0 Å². The molecular weight excluding hydrogens is 372 g/mol. The van der Waals surface area contributed by atoms with Crippen LogP contribution in [0.15, 0.2) is 72.8 Å². The molecule has 2 amide bonds. The maximum Gasteiger partial charge on any atom is 0.256 e. The number of rotatable bonds is 2. The Morgan fingerprint density at radius 1 is 1.00 bits per heavy atom. The molecule has 3 aromatic rings. The van der Waals surface area contributed by atoms with Crippen LogP contribution >= 0.6 is 11.6 Å². The van der Waals surface area contributed by atoms with Gasteiger partial charge in [0.05, 0.1) is 16.6 Å². The van der Waals surface area contributed by atoms with Crippen molar-refractivity contribution >= 4 is 29.1 Å². The number of fused-ring (bicyclic) bond motifs is 1. The van der Waals surface area contributed by atoms with E-state index in [2.05, 4.69) is 5.32 Å². The molecule has 0 aliphatic carbocycles. The lowest BCUT2D eigenvalue weighted by molar-refractivity contribution is -0.117. The Morgan fingerprint density at radius 3 is 2.43 bits per heavy atom. The smallest absolute Gasteiger partial charge is 0.256 e. The lowest BCUT2D eigenvalue weighted by atomic mass is 9.94. The fraction of sp³-hybridized carbons (Fsp3) is 0.130. The Labute approximate surface area is 168 Å². The second kappa shape index (κ2) is 7.49. The molecule has 4 rings (SSSR count). The lowest BCUT2D eigenvalue weighted by Crippen LogP contribution is -2.39. The molecule has 0 aromatic heterocycles. The monoisotopic (exact) mass is 390 g/mol. The van der Waals surface area contributed by atoms with Crippen molar-refractivity contribution in [1.29, 1.82) is 0 Å². The predicted octanol–water partition coefficient (Wildman–Crippen LogP) is 4.83. The summed E-state index contributed by atoms with van der Waals surface area (Å²) in [5.41, 5.74) is 4.04. The van der Waals surface area contributed by atoms with E-state index in [9.17, 15) is 9.59 Å². The average molecular weight is 391 g/mol. The van der Waals surface area contributed by atoms with Crippen LogP contribution in [0.5, 0.6) is 0 Å². The lowest BCUT2D eigenvalue weighted by Gasteiger charge is -2.31. The van der Waals surface area contributed by atoms with Crippen LogP contribution in [-0.4, -0.2) is 23.3 Å². The highest BCUT2D eigenvalue weighted by Crippen LogP contribution is 2.37. The molecule has 1 aliphatic rings. The number of benzene rings is 3. The summed E-state index contributed by atoms with van der Waals surface area (Å²) in [6, 6.07) is 22.1.